The second-order valence-electron chi connectivity index (χ2n) is 4.48. The SMILES string of the molecule is O=C1CC(=O)N(Cc2cccc3cnccc23)C1. The molecule has 0 bridgehead atoms. The van der Waals surface area contributed by atoms with E-state index < -0.39 is 0 Å². The lowest BCUT2D eigenvalue weighted by molar-refractivity contribution is -0.128. The third kappa shape index (κ3) is 1.86. The first kappa shape index (κ1) is 10.9. The molecule has 90 valence electrons. The molecule has 1 aromatic heterocycles. The maximum atomic E-state index is 11.6. The fraction of sp³-hybridized carbons (Fsp3) is 0.214. The number of fused-ring (bicyclic) bond motifs is 1. The maximum Gasteiger partial charge on any atom is 0.230 e. The molecule has 1 aliphatic rings. The van der Waals surface area contributed by atoms with Gasteiger partial charge in [0.1, 0.15) is 0 Å². The Labute approximate surface area is 104 Å². The number of hydrogen-bond acceptors (Lipinski definition) is 3. The zero-order chi connectivity index (χ0) is 12.5. The van der Waals surface area contributed by atoms with Gasteiger partial charge in [0.25, 0.3) is 0 Å². The molecule has 1 aliphatic heterocycles. The molecule has 3 rings (SSSR count). The number of amides is 1. The van der Waals surface area contributed by atoms with Gasteiger partial charge in [0.2, 0.25) is 5.91 Å². The average molecular weight is 240 g/mol. The molecule has 0 atom stereocenters. The van der Waals surface area contributed by atoms with Gasteiger partial charge in [-0.05, 0) is 17.0 Å². The number of carbonyl (C=O) groups excluding carboxylic acids is 2. The van der Waals surface area contributed by atoms with Crippen molar-refractivity contribution in [3.8, 4) is 0 Å². The van der Waals surface area contributed by atoms with Gasteiger partial charge < -0.3 is 4.90 Å². The van der Waals surface area contributed by atoms with E-state index in [1.54, 1.807) is 17.3 Å². The molecule has 0 N–H and O–H groups in total. The molecule has 0 aliphatic carbocycles. The van der Waals surface area contributed by atoms with E-state index in [9.17, 15) is 9.59 Å². The van der Waals surface area contributed by atoms with Gasteiger partial charge in [0.05, 0.1) is 13.0 Å². The molecule has 0 saturated carbocycles. The van der Waals surface area contributed by atoms with Gasteiger partial charge in [0.15, 0.2) is 5.78 Å². The largest absolute Gasteiger partial charge is 0.331 e. The third-order valence-electron chi connectivity index (χ3n) is 3.20. The molecular formula is C14H12N2O2. The Morgan fingerprint density at radius 1 is 1.22 bits per heavy atom. The number of aromatic nitrogens is 1. The number of pyridine rings is 1. The Morgan fingerprint density at radius 2 is 2.11 bits per heavy atom. The van der Waals surface area contributed by atoms with Crippen LogP contribution in [0.5, 0.6) is 0 Å². The van der Waals surface area contributed by atoms with E-state index in [1.165, 1.54) is 0 Å². The van der Waals surface area contributed by atoms with Crippen molar-refractivity contribution in [1.29, 1.82) is 0 Å². The number of hydrogen-bond donors (Lipinski definition) is 0. The molecule has 1 aromatic carbocycles. The molecule has 4 heteroatoms. The zero-order valence-electron chi connectivity index (χ0n) is 9.80. The van der Waals surface area contributed by atoms with E-state index in [4.69, 9.17) is 0 Å². The molecular weight excluding hydrogens is 228 g/mol. The van der Waals surface area contributed by atoms with E-state index in [0.717, 1.165) is 16.3 Å². The summed E-state index contributed by atoms with van der Waals surface area (Å²) in [5.74, 6) is -0.0760. The maximum absolute atomic E-state index is 11.6. The third-order valence-corrected chi connectivity index (χ3v) is 3.20. The molecule has 1 fully saturated rings. The fourth-order valence-electron chi connectivity index (χ4n) is 2.31. The summed E-state index contributed by atoms with van der Waals surface area (Å²) in [6.45, 7) is 0.728. The zero-order valence-corrected chi connectivity index (χ0v) is 9.80. The van der Waals surface area contributed by atoms with Crippen LogP contribution in [0.1, 0.15) is 12.0 Å². The number of nitrogens with zero attached hydrogens (tertiary/aromatic N) is 2. The highest BCUT2D eigenvalue weighted by Crippen LogP contribution is 2.20. The summed E-state index contributed by atoms with van der Waals surface area (Å²) in [7, 11) is 0. The molecule has 2 aromatic rings. The van der Waals surface area contributed by atoms with Crippen molar-refractivity contribution in [3.63, 3.8) is 0 Å². The molecule has 0 spiro atoms. The summed E-state index contributed by atoms with van der Waals surface area (Å²) in [4.78, 5) is 28.5. The Bertz CT molecular complexity index is 631. The van der Waals surface area contributed by atoms with Crippen LogP contribution >= 0.6 is 0 Å². The van der Waals surface area contributed by atoms with Gasteiger partial charge in [-0.15, -0.1) is 0 Å². The number of ketones is 1. The molecule has 0 radical (unpaired) electrons. The highest BCUT2D eigenvalue weighted by molar-refractivity contribution is 6.05. The minimum absolute atomic E-state index is 0.00176. The average Bonchev–Trinajstić information content (AvgIpc) is 2.68. The van der Waals surface area contributed by atoms with Crippen LogP contribution in [0, 0.1) is 0 Å². The minimum atomic E-state index is -0.0777. The van der Waals surface area contributed by atoms with E-state index in [-0.39, 0.29) is 24.7 Å². The van der Waals surface area contributed by atoms with Crippen molar-refractivity contribution in [2.24, 2.45) is 0 Å². The monoisotopic (exact) mass is 240 g/mol. The lowest BCUT2D eigenvalue weighted by Crippen LogP contribution is -2.24. The van der Waals surface area contributed by atoms with Crippen LogP contribution in [0.25, 0.3) is 10.8 Å². The van der Waals surface area contributed by atoms with E-state index in [2.05, 4.69) is 4.98 Å². The summed E-state index contributed by atoms with van der Waals surface area (Å²) in [5.41, 5.74) is 1.05. The quantitative estimate of drug-likeness (QED) is 0.748. The minimum Gasteiger partial charge on any atom is -0.331 e. The predicted molar refractivity (Wildman–Crippen MR) is 66.8 cm³/mol. The normalized spacial score (nSPS) is 15.7. The van der Waals surface area contributed by atoms with Gasteiger partial charge in [-0.25, -0.2) is 0 Å². The molecule has 18 heavy (non-hydrogen) atoms. The molecule has 4 nitrogen and oxygen atoms in total. The Balaban J connectivity index is 1.95. The lowest BCUT2D eigenvalue weighted by Gasteiger charge is -2.15. The summed E-state index contributed by atoms with van der Waals surface area (Å²) in [5, 5.41) is 2.13. The highest BCUT2D eigenvalue weighted by Gasteiger charge is 2.27. The lowest BCUT2D eigenvalue weighted by atomic mass is 10.1. The summed E-state index contributed by atoms with van der Waals surface area (Å²) >= 11 is 0. The van der Waals surface area contributed by atoms with Crippen LogP contribution in [0.15, 0.2) is 36.7 Å². The highest BCUT2D eigenvalue weighted by atomic mass is 16.2. The summed E-state index contributed by atoms with van der Waals surface area (Å²) in [6.07, 6.45) is 3.59. The van der Waals surface area contributed by atoms with Crippen molar-refractivity contribution < 1.29 is 9.59 Å². The van der Waals surface area contributed by atoms with Gasteiger partial charge in [-0.2, -0.15) is 0 Å². The Morgan fingerprint density at radius 3 is 2.89 bits per heavy atom. The van der Waals surface area contributed by atoms with Crippen LogP contribution in [-0.2, 0) is 16.1 Å². The van der Waals surface area contributed by atoms with Gasteiger partial charge in [-0.1, -0.05) is 18.2 Å². The standard InChI is InChI=1S/C14H12N2O2/c17-12-6-14(18)16(9-12)8-11-3-1-2-10-7-15-5-4-13(10)11/h1-5,7H,6,8-9H2. The van der Waals surface area contributed by atoms with Crippen molar-refractivity contribution in [3.05, 3.63) is 42.2 Å². The summed E-state index contributed by atoms with van der Waals surface area (Å²) in [6, 6.07) is 7.86. The first-order valence-corrected chi connectivity index (χ1v) is 5.85. The van der Waals surface area contributed by atoms with Crippen molar-refractivity contribution in [1.82, 2.24) is 9.88 Å². The molecule has 2 heterocycles. The molecule has 0 unspecified atom stereocenters. The Kier molecular flexibility index (Phi) is 2.55. The number of carbonyl (C=O) groups is 2. The first-order valence-electron chi connectivity index (χ1n) is 5.85. The Hall–Kier alpha value is -2.23. The van der Waals surface area contributed by atoms with E-state index in [0.29, 0.717) is 6.54 Å². The number of likely N-dealkylation sites (tertiary alicyclic amines) is 1. The second-order valence-corrected chi connectivity index (χ2v) is 4.48. The van der Waals surface area contributed by atoms with Crippen molar-refractivity contribution in [2.75, 3.05) is 6.54 Å². The van der Waals surface area contributed by atoms with Gasteiger partial charge in [0, 0.05) is 24.3 Å². The van der Waals surface area contributed by atoms with Crippen molar-refractivity contribution >= 4 is 22.5 Å². The van der Waals surface area contributed by atoms with E-state index in [1.807, 2.05) is 24.3 Å². The second kappa shape index (κ2) is 4.22. The first-order chi connectivity index (χ1) is 8.74. The number of rotatable bonds is 2. The van der Waals surface area contributed by atoms with Crippen LogP contribution in [-0.4, -0.2) is 28.1 Å². The number of benzene rings is 1. The smallest absolute Gasteiger partial charge is 0.230 e. The number of Topliss-reactive ketones (excluding diaryl/α,β-unsaturated/α-hetero) is 1. The molecule has 1 amide bonds. The predicted octanol–water partition coefficient (Wildman–Crippen LogP) is 1.54. The van der Waals surface area contributed by atoms with Crippen LogP contribution in [0.4, 0.5) is 0 Å². The van der Waals surface area contributed by atoms with Gasteiger partial charge in [-0.3, -0.25) is 14.6 Å². The summed E-state index contributed by atoms with van der Waals surface area (Å²) < 4.78 is 0. The fourth-order valence-corrected chi connectivity index (χ4v) is 2.31. The van der Waals surface area contributed by atoms with Crippen LogP contribution in [0.3, 0.4) is 0 Å². The van der Waals surface area contributed by atoms with Crippen LogP contribution < -0.4 is 0 Å². The van der Waals surface area contributed by atoms with Gasteiger partial charge >= 0.3 is 0 Å². The van der Waals surface area contributed by atoms with E-state index >= 15 is 0 Å². The molecule has 1 saturated heterocycles. The topological polar surface area (TPSA) is 50.3 Å². The van der Waals surface area contributed by atoms with Crippen LogP contribution in [0.2, 0.25) is 0 Å². The van der Waals surface area contributed by atoms with Crippen molar-refractivity contribution in [2.45, 2.75) is 13.0 Å².